The summed E-state index contributed by atoms with van der Waals surface area (Å²) in [4.78, 5) is 17.8. The Labute approximate surface area is 106 Å². The minimum absolute atomic E-state index is 0.184. The van der Waals surface area contributed by atoms with E-state index in [9.17, 15) is 4.79 Å². The van der Waals surface area contributed by atoms with E-state index >= 15 is 0 Å². The van der Waals surface area contributed by atoms with Gasteiger partial charge >= 0.3 is 0 Å². The van der Waals surface area contributed by atoms with E-state index in [4.69, 9.17) is 4.74 Å². The van der Waals surface area contributed by atoms with Crippen LogP contribution in [0.3, 0.4) is 0 Å². The molecule has 1 saturated heterocycles. The van der Waals surface area contributed by atoms with Crippen LogP contribution >= 0.6 is 0 Å². The summed E-state index contributed by atoms with van der Waals surface area (Å²) in [5, 5.41) is 6.31. The lowest BCUT2D eigenvalue weighted by Crippen LogP contribution is -2.32. The van der Waals surface area contributed by atoms with Crippen LogP contribution in [-0.2, 0) is 4.74 Å². The molecule has 1 aliphatic heterocycles. The molecule has 0 bridgehead atoms. The second kappa shape index (κ2) is 7.13. The number of aromatic amines is 1. The van der Waals surface area contributed by atoms with Crippen molar-refractivity contribution >= 4 is 5.82 Å². The molecule has 2 heterocycles. The standard InChI is InChI=1S/C12H20N4O2/c17-12-11(15-7-8-16-12)14-4-1-9-18-10-2-5-13-6-3-10/h7-8,10,13H,1-6,9H2,(H,14,15)(H,16,17). The number of ether oxygens (including phenoxy) is 1. The second-order valence-corrected chi connectivity index (χ2v) is 4.37. The van der Waals surface area contributed by atoms with E-state index in [0.29, 0.717) is 18.5 Å². The van der Waals surface area contributed by atoms with Gasteiger partial charge in [-0.05, 0) is 32.4 Å². The lowest BCUT2D eigenvalue weighted by atomic mass is 10.1. The summed E-state index contributed by atoms with van der Waals surface area (Å²) in [5.74, 6) is 0.374. The molecule has 0 unspecified atom stereocenters. The molecule has 1 fully saturated rings. The molecule has 2 rings (SSSR count). The van der Waals surface area contributed by atoms with E-state index in [1.807, 2.05) is 0 Å². The molecule has 0 amide bonds. The average Bonchev–Trinajstić information content (AvgIpc) is 2.42. The molecule has 1 aromatic heterocycles. The van der Waals surface area contributed by atoms with Gasteiger partial charge in [0.2, 0.25) is 0 Å². The van der Waals surface area contributed by atoms with Crippen molar-refractivity contribution in [1.82, 2.24) is 15.3 Å². The Morgan fingerprint density at radius 3 is 3.06 bits per heavy atom. The van der Waals surface area contributed by atoms with Gasteiger partial charge < -0.3 is 20.4 Å². The summed E-state index contributed by atoms with van der Waals surface area (Å²) in [5.41, 5.74) is -0.184. The summed E-state index contributed by atoms with van der Waals surface area (Å²) >= 11 is 0. The molecule has 18 heavy (non-hydrogen) atoms. The Hall–Kier alpha value is -1.40. The third kappa shape index (κ3) is 4.12. The normalized spacial score (nSPS) is 16.7. The number of piperidine rings is 1. The Bertz CT molecular complexity index is 401. The number of aromatic nitrogens is 2. The first-order chi connectivity index (χ1) is 8.86. The van der Waals surface area contributed by atoms with Crippen molar-refractivity contribution in [1.29, 1.82) is 0 Å². The molecule has 1 aromatic rings. The maximum absolute atomic E-state index is 11.3. The summed E-state index contributed by atoms with van der Waals surface area (Å²) in [6.07, 6.45) is 6.54. The highest BCUT2D eigenvalue weighted by Gasteiger charge is 2.12. The third-order valence-corrected chi connectivity index (χ3v) is 2.96. The van der Waals surface area contributed by atoms with Crippen LogP contribution in [0.5, 0.6) is 0 Å². The molecule has 0 aromatic carbocycles. The van der Waals surface area contributed by atoms with Crippen molar-refractivity contribution in [3.8, 4) is 0 Å². The van der Waals surface area contributed by atoms with Crippen molar-refractivity contribution in [2.45, 2.75) is 25.4 Å². The predicted molar refractivity (Wildman–Crippen MR) is 69.8 cm³/mol. The molecule has 0 radical (unpaired) electrons. The number of rotatable bonds is 6. The van der Waals surface area contributed by atoms with Crippen LogP contribution < -0.4 is 16.2 Å². The number of hydrogen-bond donors (Lipinski definition) is 3. The summed E-state index contributed by atoms with van der Waals surface area (Å²) in [7, 11) is 0. The number of anilines is 1. The highest BCUT2D eigenvalue weighted by molar-refractivity contribution is 5.29. The minimum Gasteiger partial charge on any atom is -0.378 e. The third-order valence-electron chi connectivity index (χ3n) is 2.96. The quantitative estimate of drug-likeness (QED) is 0.636. The van der Waals surface area contributed by atoms with Gasteiger partial charge in [-0.2, -0.15) is 0 Å². The summed E-state index contributed by atoms with van der Waals surface area (Å²) in [6, 6.07) is 0. The number of hydrogen-bond acceptors (Lipinski definition) is 5. The Balaban J connectivity index is 1.58. The largest absolute Gasteiger partial charge is 0.378 e. The van der Waals surface area contributed by atoms with Crippen LogP contribution in [0, 0.1) is 0 Å². The monoisotopic (exact) mass is 252 g/mol. The zero-order chi connectivity index (χ0) is 12.6. The van der Waals surface area contributed by atoms with Crippen LogP contribution in [0.4, 0.5) is 5.82 Å². The minimum atomic E-state index is -0.184. The van der Waals surface area contributed by atoms with Gasteiger partial charge in [0.1, 0.15) is 0 Å². The number of H-pyrrole nitrogens is 1. The molecule has 3 N–H and O–H groups in total. The van der Waals surface area contributed by atoms with Gasteiger partial charge in [0.15, 0.2) is 5.82 Å². The van der Waals surface area contributed by atoms with Crippen LogP contribution in [-0.4, -0.2) is 42.3 Å². The van der Waals surface area contributed by atoms with Gasteiger partial charge in [-0.15, -0.1) is 0 Å². The van der Waals surface area contributed by atoms with E-state index in [1.165, 1.54) is 6.20 Å². The van der Waals surface area contributed by atoms with Crippen LogP contribution in [0.15, 0.2) is 17.2 Å². The molecule has 0 spiro atoms. The van der Waals surface area contributed by atoms with Gasteiger partial charge in [0.25, 0.3) is 5.56 Å². The second-order valence-electron chi connectivity index (χ2n) is 4.37. The molecule has 6 nitrogen and oxygen atoms in total. The summed E-state index contributed by atoms with van der Waals surface area (Å²) < 4.78 is 5.76. The van der Waals surface area contributed by atoms with Crippen molar-refractivity contribution in [3.05, 3.63) is 22.7 Å². The van der Waals surface area contributed by atoms with Gasteiger partial charge in [-0.3, -0.25) is 4.79 Å². The lowest BCUT2D eigenvalue weighted by Gasteiger charge is -2.22. The maximum atomic E-state index is 11.3. The fourth-order valence-corrected chi connectivity index (χ4v) is 1.97. The number of nitrogens with zero attached hydrogens (tertiary/aromatic N) is 1. The van der Waals surface area contributed by atoms with Crippen LogP contribution in [0.2, 0.25) is 0 Å². The maximum Gasteiger partial charge on any atom is 0.290 e. The van der Waals surface area contributed by atoms with E-state index < -0.39 is 0 Å². The smallest absolute Gasteiger partial charge is 0.290 e. The van der Waals surface area contributed by atoms with E-state index in [1.54, 1.807) is 6.20 Å². The fourth-order valence-electron chi connectivity index (χ4n) is 1.97. The van der Waals surface area contributed by atoms with E-state index in [-0.39, 0.29) is 5.56 Å². The molecule has 1 aliphatic rings. The highest BCUT2D eigenvalue weighted by atomic mass is 16.5. The van der Waals surface area contributed by atoms with E-state index in [0.717, 1.165) is 39.0 Å². The van der Waals surface area contributed by atoms with Crippen LogP contribution in [0.25, 0.3) is 0 Å². The predicted octanol–water partition coefficient (Wildman–Crippen LogP) is 0.340. The molecule has 0 aliphatic carbocycles. The molecular formula is C12H20N4O2. The molecule has 0 saturated carbocycles. The highest BCUT2D eigenvalue weighted by Crippen LogP contribution is 2.07. The molecule has 0 atom stereocenters. The molecular weight excluding hydrogens is 232 g/mol. The van der Waals surface area contributed by atoms with Gasteiger partial charge in [0.05, 0.1) is 6.10 Å². The Morgan fingerprint density at radius 2 is 2.28 bits per heavy atom. The Morgan fingerprint density at radius 1 is 1.44 bits per heavy atom. The fraction of sp³-hybridized carbons (Fsp3) is 0.667. The topological polar surface area (TPSA) is 79.0 Å². The lowest BCUT2D eigenvalue weighted by molar-refractivity contribution is 0.0329. The van der Waals surface area contributed by atoms with Crippen molar-refractivity contribution in [3.63, 3.8) is 0 Å². The van der Waals surface area contributed by atoms with Crippen molar-refractivity contribution in [2.24, 2.45) is 0 Å². The zero-order valence-electron chi connectivity index (χ0n) is 10.4. The van der Waals surface area contributed by atoms with Gasteiger partial charge in [0, 0.05) is 25.5 Å². The average molecular weight is 252 g/mol. The van der Waals surface area contributed by atoms with Gasteiger partial charge in [-0.25, -0.2) is 4.98 Å². The SMILES string of the molecule is O=c1[nH]ccnc1NCCCOC1CCNCC1. The zero-order valence-corrected chi connectivity index (χ0v) is 10.4. The molecule has 100 valence electrons. The first kappa shape index (κ1) is 13.0. The molecule has 6 heteroatoms. The van der Waals surface area contributed by atoms with Crippen molar-refractivity contribution < 1.29 is 4.74 Å². The van der Waals surface area contributed by atoms with Crippen LogP contribution in [0.1, 0.15) is 19.3 Å². The first-order valence-electron chi connectivity index (χ1n) is 6.46. The summed E-state index contributed by atoms with van der Waals surface area (Å²) in [6.45, 7) is 3.52. The van der Waals surface area contributed by atoms with E-state index in [2.05, 4.69) is 20.6 Å². The number of nitrogens with one attached hydrogen (secondary N) is 3. The first-order valence-corrected chi connectivity index (χ1v) is 6.46. The van der Waals surface area contributed by atoms with Crippen molar-refractivity contribution in [2.75, 3.05) is 31.6 Å². The van der Waals surface area contributed by atoms with Gasteiger partial charge in [-0.1, -0.05) is 0 Å². The Kier molecular flexibility index (Phi) is 5.16.